The van der Waals surface area contributed by atoms with E-state index in [0.717, 1.165) is 16.1 Å². The highest BCUT2D eigenvalue weighted by atomic mass is 32.1. The molecule has 1 amide bonds. The van der Waals surface area contributed by atoms with Crippen LogP contribution in [0, 0.1) is 13.8 Å². The third-order valence-electron chi connectivity index (χ3n) is 3.73. The van der Waals surface area contributed by atoms with Gasteiger partial charge in [0.2, 0.25) is 11.0 Å². The first-order chi connectivity index (χ1) is 12.0. The zero-order chi connectivity index (χ0) is 18.0. The summed E-state index contributed by atoms with van der Waals surface area (Å²) < 4.78 is 1.66. The van der Waals surface area contributed by atoms with Gasteiger partial charge < -0.3 is 5.32 Å². The van der Waals surface area contributed by atoms with Crippen molar-refractivity contribution in [1.82, 2.24) is 25.3 Å². The van der Waals surface area contributed by atoms with Gasteiger partial charge in [0.05, 0.1) is 6.20 Å². The number of carbonyl (C=O) groups is 1. The van der Waals surface area contributed by atoms with Crippen LogP contribution < -0.4 is 10.6 Å². The highest BCUT2D eigenvalue weighted by molar-refractivity contribution is 7.18. The molecule has 0 aliphatic heterocycles. The number of nitrogens with one attached hydrogen (secondary N) is 2. The molecule has 25 heavy (non-hydrogen) atoms. The van der Waals surface area contributed by atoms with Crippen molar-refractivity contribution < 1.29 is 4.79 Å². The zero-order valence-corrected chi connectivity index (χ0v) is 15.4. The van der Waals surface area contributed by atoms with Gasteiger partial charge in [-0.05, 0) is 33.0 Å². The predicted octanol–water partition coefficient (Wildman–Crippen LogP) is 2.45. The molecule has 0 aliphatic carbocycles. The standard InChI is InChI=1S/C17H20N6OS/c1-10-5-11(2)7-12(6-10)16-21-22-17(25-16)20-15(24)14(18-3)13-8-19-23(4)9-13/h5-9,14,18H,1-4H3,(H,20,22,24). The van der Waals surface area contributed by atoms with Gasteiger partial charge in [-0.1, -0.05) is 28.5 Å². The summed E-state index contributed by atoms with van der Waals surface area (Å²) in [4.78, 5) is 12.5. The molecule has 8 heteroatoms. The summed E-state index contributed by atoms with van der Waals surface area (Å²) in [6.07, 6.45) is 3.48. The molecule has 0 aliphatic rings. The van der Waals surface area contributed by atoms with Gasteiger partial charge in [-0.15, -0.1) is 10.2 Å². The highest BCUT2D eigenvalue weighted by Crippen LogP contribution is 2.28. The molecule has 7 nitrogen and oxygen atoms in total. The van der Waals surface area contributed by atoms with Gasteiger partial charge in [-0.25, -0.2) is 0 Å². The number of nitrogens with zero attached hydrogens (tertiary/aromatic N) is 4. The second-order valence-corrected chi connectivity index (χ2v) is 6.92. The Morgan fingerprint density at radius 2 is 1.92 bits per heavy atom. The molecule has 1 unspecified atom stereocenters. The number of aryl methyl sites for hydroxylation is 3. The van der Waals surface area contributed by atoms with E-state index in [1.807, 2.05) is 27.1 Å². The highest BCUT2D eigenvalue weighted by Gasteiger charge is 2.21. The van der Waals surface area contributed by atoms with Crippen LogP contribution in [0.3, 0.4) is 0 Å². The lowest BCUT2D eigenvalue weighted by Gasteiger charge is -2.12. The smallest absolute Gasteiger partial charge is 0.248 e. The van der Waals surface area contributed by atoms with Crippen LogP contribution in [0.1, 0.15) is 22.7 Å². The van der Waals surface area contributed by atoms with Crippen molar-refractivity contribution in [2.45, 2.75) is 19.9 Å². The van der Waals surface area contributed by atoms with Gasteiger partial charge >= 0.3 is 0 Å². The van der Waals surface area contributed by atoms with Gasteiger partial charge in [0, 0.05) is 24.4 Å². The number of aromatic nitrogens is 4. The minimum atomic E-state index is -0.498. The first kappa shape index (κ1) is 17.2. The summed E-state index contributed by atoms with van der Waals surface area (Å²) in [5.74, 6) is -0.196. The minimum absolute atomic E-state index is 0.196. The van der Waals surface area contributed by atoms with E-state index in [2.05, 4.69) is 44.1 Å². The number of likely N-dealkylation sites (N-methyl/N-ethyl adjacent to an activating group) is 1. The topological polar surface area (TPSA) is 84.7 Å². The van der Waals surface area contributed by atoms with Crippen molar-refractivity contribution in [3.63, 3.8) is 0 Å². The zero-order valence-electron chi connectivity index (χ0n) is 14.6. The van der Waals surface area contributed by atoms with Crippen LogP contribution in [0.15, 0.2) is 30.6 Å². The number of amides is 1. The molecule has 3 aromatic rings. The lowest BCUT2D eigenvalue weighted by atomic mass is 10.1. The molecule has 0 bridgehead atoms. The Balaban J connectivity index is 1.77. The Labute approximate surface area is 150 Å². The van der Waals surface area contributed by atoms with E-state index in [4.69, 9.17) is 0 Å². The van der Waals surface area contributed by atoms with Crippen LogP contribution in [0.2, 0.25) is 0 Å². The molecule has 2 heterocycles. The Hall–Kier alpha value is -2.58. The minimum Gasteiger partial charge on any atom is -0.305 e. The van der Waals surface area contributed by atoms with Crippen LogP contribution in [0.5, 0.6) is 0 Å². The summed E-state index contributed by atoms with van der Waals surface area (Å²) in [5.41, 5.74) is 4.14. The molecule has 0 saturated carbocycles. The Morgan fingerprint density at radius 1 is 1.20 bits per heavy atom. The molecule has 2 aromatic heterocycles. The molecule has 0 saturated heterocycles. The van der Waals surface area contributed by atoms with Crippen molar-refractivity contribution >= 4 is 22.4 Å². The number of rotatable bonds is 5. The fourth-order valence-electron chi connectivity index (χ4n) is 2.70. The van der Waals surface area contributed by atoms with E-state index in [-0.39, 0.29) is 5.91 Å². The number of anilines is 1. The monoisotopic (exact) mass is 356 g/mol. The third kappa shape index (κ3) is 3.92. The van der Waals surface area contributed by atoms with Crippen molar-refractivity contribution in [3.05, 3.63) is 47.3 Å². The van der Waals surface area contributed by atoms with Gasteiger partial charge in [-0.3, -0.25) is 14.8 Å². The van der Waals surface area contributed by atoms with E-state index in [1.165, 1.54) is 22.5 Å². The average molecular weight is 356 g/mol. The molecule has 2 N–H and O–H groups in total. The molecule has 3 rings (SSSR count). The average Bonchev–Trinajstić information content (AvgIpc) is 3.17. The predicted molar refractivity (Wildman–Crippen MR) is 98.5 cm³/mol. The number of hydrogen-bond acceptors (Lipinski definition) is 6. The summed E-state index contributed by atoms with van der Waals surface area (Å²) in [5, 5.41) is 19.5. The Bertz CT molecular complexity index is 880. The summed E-state index contributed by atoms with van der Waals surface area (Å²) in [7, 11) is 3.55. The number of benzene rings is 1. The molecular weight excluding hydrogens is 336 g/mol. The Kier molecular flexibility index (Phi) is 4.91. The molecule has 1 aromatic carbocycles. The molecule has 0 radical (unpaired) electrons. The second-order valence-electron chi connectivity index (χ2n) is 5.95. The van der Waals surface area contributed by atoms with Crippen LogP contribution >= 0.6 is 11.3 Å². The van der Waals surface area contributed by atoms with E-state index in [0.29, 0.717) is 5.13 Å². The molecule has 130 valence electrons. The first-order valence-corrected chi connectivity index (χ1v) is 8.67. The van der Waals surface area contributed by atoms with E-state index < -0.39 is 6.04 Å². The lowest BCUT2D eigenvalue weighted by molar-refractivity contribution is -0.118. The largest absolute Gasteiger partial charge is 0.305 e. The van der Waals surface area contributed by atoms with Crippen LogP contribution in [-0.2, 0) is 11.8 Å². The van der Waals surface area contributed by atoms with E-state index in [1.54, 1.807) is 17.9 Å². The third-order valence-corrected chi connectivity index (χ3v) is 4.62. The van der Waals surface area contributed by atoms with Gasteiger partial charge in [-0.2, -0.15) is 5.10 Å². The first-order valence-electron chi connectivity index (χ1n) is 7.85. The maximum absolute atomic E-state index is 12.5. The van der Waals surface area contributed by atoms with Crippen LogP contribution in [-0.4, -0.2) is 32.9 Å². The lowest BCUT2D eigenvalue weighted by Crippen LogP contribution is -2.30. The Morgan fingerprint density at radius 3 is 2.52 bits per heavy atom. The molecule has 0 spiro atoms. The summed E-state index contributed by atoms with van der Waals surface area (Å²) >= 11 is 1.36. The van der Waals surface area contributed by atoms with Crippen LogP contribution in [0.4, 0.5) is 5.13 Å². The van der Waals surface area contributed by atoms with Crippen molar-refractivity contribution in [1.29, 1.82) is 0 Å². The van der Waals surface area contributed by atoms with Crippen molar-refractivity contribution in [3.8, 4) is 10.6 Å². The molecule has 0 fully saturated rings. The van der Waals surface area contributed by atoms with Gasteiger partial charge in [0.1, 0.15) is 11.0 Å². The normalized spacial score (nSPS) is 12.2. The van der Waals surface area contributed by atoms with E-state index in [9.17, 15) is 4.79 Å². The SMILES string of the molecule is CNC(C(=O)Nc1nnc(-c2cc(C)cc(C)c2)s1)c1cnn(C)c1. The number of hydrogen-bond donors (Lipinski definition) is 2. The van der Waals surface area contributed by atoms with Crippen molar-refractivity contribution in [2.75, 3.05) is 12.4 Å². The number of carbonyl (C=O) groups excluding carboxylic acids is 1. The quantitative estimate of drug-likeness (QED) is 0.733. The summed E-state index contributed by atoms with van der Waals surface area (Å²) in [6.45, 7) is 4.09. The van der Waals surface area contributed by atoms with E-state index >= 15 is 0 Å². The fraction of sp³-hybridized carbons (Fsp3) is 0.294. The van der Waals surface area contributed by atoms with Gasteiger partial charge in [0.15, 0.2) is 0 Å². The fourth-order valence-corrected chi connectivity index (χ4v) is 3.44. The second kappa shape index (κ2) is 7.12. The molecule has 1 atom stereocenters. The maximum atomic E-state index is 12.5. The van der Waals surface area contributed by atoms with Crippen LogP contribution in [0.25, 0.3) is 10.6 Å². The maximum Gasteiger partial charge on any atom is 0.248 e. The summed E-state index contributed by atoms with van der Waals surface area (Å²) in [6, 6.07) is 5.73. The molecular formula is C17H20N6OS. The van der Waals surface area contributed by atoms with Crippen molar-refractivity contribution in [2.24, 2.45) is 7.05 Å². The van der Waals surface area contributed by atoms with Gasteiger partial charge in [0.25, 0.3) is 0 Å².